The highest BCUT2D eigenvalue weighted by atomic mass is 15.5. The minimum absolute atomic E-state index is 0.754. The molecule has 0 saturated heterocycles. The average Bonchev–Trinajstić information content (AvgIpc) is 2.89. The number of aryl methyl sites for hydroxylation is 2. The van der Waals surface area contributed by atoms with Crippen LogP contribution in [0.2, 0.25) is 0 Å². The summed E-state index contributed by atoms with van der Waals surface area (Å²) in [6, 6.07) is 12.3. The van der Waals surface area contributed by atoms with Gasteiger partial charge >= 0.3 is 0 Å². The molecular weight excluding hydrogens is 260 g/mol. The zero-order chi connectivity index (χ0) is 14.8. The Balaban J connectivity index is 1.92. The summed E-state index contributed by atoms with van der Waals surface area (Å²) in [5.41, 5.74) is 11.7. The summed E-state index contributed by atoms with van der Waals surface area (Å²) in [5.74, 6) is 0. The van der Waals surface area contributed by atoms with Gasteiger partial charge in [0.25, 0.3) is 0 Å². The highest BCUT2D eigenvalue weighted by Gasteiger charge is 2.07. The van der Waals surface area contributed by atoms with Gasteiger partial charge < -0.3 is 5.73 Å². The van der Waals surface area contributed by atoms with E-state index in [0.717, 1.165) is 34.4 Å². The predicted octanol–water partition coefficient (Wildman–Crippen LogP) is 3.65. The Morgan fingerprint density at radius 2 is 1.71 bits per heavy atom. The molecule has 0 aliphatic rings. The molecule has 4 heteroatoms. The summed E-state index contributed by atoms with van der Waals surface area (Å²) in [5, 5.41) is 9.03. The number of anilines is 1. The molecular formula is C17H20N4. The quantitative estimate of drug-likeness (QED) is 0.742. The van der Waals surface area contributed by atoms with Crippen LogP contribution in [-0.4, -0.2) is 15.0 Å². The second-order valence-corrected chi connectivity index (χ2v) is 5.46. The van der Waals surface area contributed by atoms with Crippen molar-refractivity contribution in [3.63, 3.8) is 0 Å². The van der Waals surface area contributed by atoms with E-state index in [2.05, 4.69) is 41.4 Å². The van der Waals surface area contributed by atoms with Gasteiger partial charge in [0.2, 0.25) is 0 Å². The Labute approximate surface area is 124 Å². The largest absolute Gasteiger partial charge is 0.398 e. The van der Waals surface area contributed by atoms with Crippen LogP contribution in [-0.2, 0) is 6.42 Å². The number of unbranched alkanes of at least 4 members (excludes halogenated alkanes) is 1. The van der Waals surface area contributed by atoms with Crippen LogP contribution in [0.3, 0.4) is 0 Å². The van der Waals surface area contributed by atoms with E-state index in [1.165, 1.54) is 18.4 Å². The van der Waals surface area contributed by atoms with E-state index in [-0.39, 0.29) is 0 Å². The van der Waals surface area contributed by atoms with Crippen LogP contribution in [0.15, 0.2) is 36.4 Å². The first-order chi connectivity index (χ1) is 10.2. The summed E-state index contributed by atoms with van der Waals surface area (Å²) in [7, 11) is 0. The number of nitrogen functional groups attached to an aromatic ring is 1. The van der Waals surface area contributed by atoms with Crippen molar-refractivity contribution in [1.82, 2.24) is 15.0 Å². The van der Waals surface area contributed by atoms with Crippen molar-refractivity contribution in [3.8, 4) is 5.69 Å². The minimum atomic E-state index is 0.754. The van der Waals surface area contributed by atoms with Gasteiger partial charge in [0.15, 0.2) is 0 Å². The van der Waals surface area contributed by atoms with E-state index >= 15 is 0 Å². The smallest absolute Gasteiger partial charge is 0.115 e. The Bertz CT molecular complexity index is 717. The van der Waals surface area contributed by atoms with Gasteiger partial charge in [-0.15, -0.1) is 10.2 Å². The number of nitrogens with zero attached hydrogens (tertiary/aromatic N) is 3. The molecule has 108 valence electrons. The fourth-order valence-electron chi connectivity index (χ4n) is 2.38. The van der Waals surface area contributed by atoms with E-state index in [1.54, 1.807) is 4.80 Å². The van der Waals surface area contributed by atoms with Crippen molar-refractivity contribution >= 4 is 16.7 Å². The Kier molecular flexibility index (Phi) is 3.60. The summed E-state index contributed by atoms with van der Waals surface area (Å²) in [4.78, 5) is 1.67. The van der Waals surface area contributed by atoms with Crippen LogP contribution < -0.4 is 5.73 Å². The van der Waals surface area contributed by atoms with E-state index < -0.39 is 0 Å². The number of hydrogen-bond donors (Lipinski definition) is 1. The molecule has 3 aromatic rings. The number of hydrogen-bond acceptors (Lipinski definition) is 3. The molecule has 4 nitrogen and oxygen atoms in total. The lowest BCUT2D eigenvalue weighted by molar-refractivity contribution is 0.762. The van der Waals surface area contributed by atoms with Crippen LogP contribution in [0, 0.1) is 6.92 Å². The maximum atomic E-state index is 5.92. The molecule has 21 heavy (non-hydrogen) atoms. The number of rotatable bonds is 4. The molecule has 0 atom stereocenters. The second kappa shape index (κ2) is 5.56. The van der Waals surface area contributed by atoms with E-state index in [9.17, 15) is 0 Å². The lowest BCUT2D eigenvalue weighted by Gasteiger charge is -2.02. The van der Waals surface area contributed by atoms with Gasteiger partial charge in [0.05, 0.1) is 5.69 Å². The molecule has 0 saturated carbocycles. The molecule has 0 aliphatic carbocycles. The lowest BCUT2D eigenvalue weighted by atomic mass is 10.1. The summed E-state index contributed by atoms with van der Waals surface area (Å²) in [6.07, 6.45) is 3.57. The van der Waals surface area contributed by atoms with Gasteiger partial charge in [0, 0.05) is 5.69 Å². The zero-order valence-electron chi connectivity index (χ0n) is 12.5. The Morgan fingerprint density at radius 3 is 2.38 bits per heavy atom. The van der Waals surface area contributed by atoms with E-state index in [0.29, 0.717) is 0 Å². The molecule has 2 aromatic carbocycles. The van der Waals surface area contributed by atoms with Gasteiger partial charge in [-0.25, -0.2) is 0 Å². The molecule has 0 spiro atoms. The van der Waals surface area contributed by atoms with Crippen molar-refractivity contribution in [2.45, 2.75) is 33.1 Å². The van der Waals surface area contributed by atoms with Crippen molar-refractivity contribution in [2.75, 3.05) is 5.73 Å². The first-order valence-corrected chi connectivity index (χ1v) is 7.40. The molecule has 0 amide bonds. The van der Waals surface area contributed by atoms with Crippen molar-refractivity contribution in [2.24, 2.45) is 0 Å². The van der Waals surface area contributed by atoms with Gasteiger partial charge in [0.1, 0.15) is 11.0 Å². The van der Waals surface area contributed by atoms with Crippen molar-refractivity contribution in [1.29, 1.82) is 0 Å². The third kappa shape index (κ3) is 2.75. The maximum absolute atomic E-state index is 5.92. The van der Waals surface area contributed by atoms with Gasteiger partial charge in [-0.3, -0.25) is 0 Å². The molecule has 0 unspecified atom stereocenters. The van der Waals surface area contributed by atoms with Crippen molar-refractivity contribution < 1.29 is 0 Å². The SMILES string of the molecule is CCCCc1ccc(-n2nc3cc(C)c(N)cc3n2)cc1. The number of aromatic nitrogens is 3. The van der Waals surface area contributed by atoms with Gasteiger partial charge in [-0.1, -0.05) is 25.5 Å². The molecule has 3 rings (SSSR count). The van der Waals surface area contributed by atoms with Gasteiger partial charge in [-0.2, -0.15) is 4.80 Å². The maximum Gasteiger partial charge on any atom is 0.115 e. The number of nitrogens with two attached hydrogens (primary N) is 1. The number of benzene rings is 2. The molecule has 1 heterocycles. The molecule has 0 bridgehead atoms. The molecule has 0 fully saturated rings. The summed E-state index contributed by atoms with van der Waals surface area (Å²) in [6.45, 7) is 4.19. The summed E-state index contributed by atoms with van der Waals surface area (Å²) < 4.78 is 0. The van der Waals surface area contributed by atoms with Gasteiger partial charge in [-0.05, 0) is 55.2 Å². The predicted molar refractivity (Wildman–Crippen MR) is 86.6 cm³/mol. The fourth-order valence-corrected chi connectivity index (χ4v) is 2.38. The molecule has 0 aliphatic heterocycles. The van der Waals surface area contributed by atoms with E-state index in [4.69, 9.17) is 5.73 Å². The lowest BCUT2D eigenvalue weighted by Crippen LogP contribution is -1.98. The topological polar surface area (TPSA) is 56.7 Å². The monoisotopic (exact) mass is 280 g/mol. The van der Waals surface area contributed by atoms with Crippen LogP contribution in [0.4, 0.5) is 5.69 Å². The second-order valence-electron chi connectivity index (χ2n) is 5.46. The Hall–Kier alpha value is -2.36. The normalized spacial score (nSPS) is 11.1. The fraction of sp³-hybridized carbons (Fsp3) is 0.294. The van der Waals surface area contributed by atoms with Crippen LogP contribution in [0.5, 0.6) is 0 Å². The third-order valence-electron chi connectivity index (χ3n) is 3.75. The highest BCUT2D eigenvalue weighted by Crippen LogP contribution is 2.19. The van der Waals surface area contributed by atoms with Crippen LogP contribution >= 0.6 is 0 Å². The third-order valence-corrected chi connectivity index (χ3v) is 3.75. The minimum Gasteiger partial charge on any atom is -0.398 e. The highest BCUT2D eigenvalue weighted by molar-refractivity contribution is 5.79. The number of fused-ring (bicyclic) bond motifs is 1. The Morgan fingerprint density at radius 1 is 1.05 bits per heavy atom. The molecule has 0 radical (unpaired) electrons. The summed E-state index contributed by atoms with van der Waals surface area (Å²) >= 11 is 0. The van der Waals surface area contributed by atoms with Crippen molar-refractivity contribution in [3.05, 3.63) is 47.5 Å². The van der Waals surface area contributed by atoms with E-state index in [1.807, 2.05) is 19.1 Å². The van der Waals surface area contributed by atoms with Crippen LogP contribution in [0.25, 0.3) is 16.7 Å². The molecule has 1 aromatic heterocycles. The molecule has 2 N–H and O–H groups in total. The first kappa shape index (κ1) is 13.6. The first-order valence-electron chi connectivity index (χ1n) is 7.40. The average molecular weight is 280 g/mol. The zero-order valence-corrected chi connectivity index (χ0v) is 12.5. The van der Waals surface area contributed by atoms with Crippen LogP contribution in [0.1, 0.15) is 30.9 Å². The standard InChI is InChI=1S/C17H20N4/c1-3-4-5-13-6-8-14(9-7-13)21-19-16-10-12(2)15(18)11-17(16)20-21/h6-11H,3-5,18H2,1-2H3.